The number of azo groups is 2. The van der Waals surface area contributed by atoms with E-state index in [0.29, 0.717) is 0 Å². The van der Waals surface area contributed by atoms with Crippen molar-refractivity contribution in [1.29, 1.82) is 0 Å². The monoisotopic (exact) mass is 618 g/mol. The van der Waals surface area contributed by atoms with Crippen molar-refractivity contribution in [2.24, 2.45) is 20.5 Å². The number of hydrogen-bond donors (Lipinski definition) is 0. The molecule has 0 spiro atoms. The first-order valence-electron chi connectivity index (χ1n) is 15.5. The molecule has 0 aliphatic heterocycles. The average molecular weight is 619 g/mol. The van der Waals surface area contributed by atoms with Gasteiger partial charge in [-0.3, -0.25) is 0 Å². The van der Waals surface area contributed by atoms with Gasteiger partial charge in [0.2, 0.25) is 12.7 Å². The van der Waals surface area contributed by atoms with E-state index in [1.54, 1.807) is 12.7 Å². The number of anilines is 2. The molecule has 4 aromatic rings. The lowest BCUT2D eigenvalue weighted by atomic mass is 10.2. The van der Waals surface area contributed by atoms with E-state index in [-0.39, 0.29) is 14.9 Å². The summed E-state index contributed by atoms with van der Waals surface area (Å²) in [6.45, 7) is 19.6. The van der Waals surface area contributed by atoms with Crippen LogP contribution >= 0.6 is 0 Å². The van der Waals surface area contributed by atoms with Crippen LogP contribution in [0, 0.1) is 0 Å². The molecule has 0 aliphatic carbocycles. The van der Waals surface area contributed by atoms with Crippen molar-refractivity contribution in [3.05, 3.63) is 61.2 Å². The largest absolute Gasteiger partial charge is 0.403 e. The van der Waals surface area contributed by atoms with Crippen molar-refractivity contribution in [2.75, 3.05) is 36.0 Å². The second-order valence-corrected chi connectivity index (χ2v) is 10.0. The lowest BCUT2D eigenvalue weighted by Gasteiger charge is -2.27. The Morgan fingerprint density at radius 3 is 1.27 bits per heavy atom. The van der Waals surface area contributed by atoms with Crippen LogP contribution in [0.4, 0.5) is 34.6 Å². The summed E-state index contributed by atoms with van der Waals surface area (Å²) >= 11 is 0. The molecule has 244 valence electrons. The second kappa shape index (κ2) is 18.4. The molecule has 0 fully saturated rings. The van der Waals surface area contributed by atoms with Crippen LogP contribution in [-0.4, -0.2) is 45.7 Å². The predicted octanol–water partition coefficient (Wildman–Crippen LogP) is 7.58. The third-order valence-corrected chi connectivity index (χ3v) is 7.48. The van der Waals surface area contributed by atoms with E-state index in [1.165, 1.54) is 11.4 Å². The molecular weight excluding hydrogens is 564 g/mol. The van der Waals surface area contributed by atoms with Crippen LogP contribution in [0.1, 0.15) is 62.8 Å². The van der Waals surface area contributed by atoms with Crippen molar-refractivity contribution in [3.8, 4) is 0 Å². The minimum Gasteiger partial charge on any atom is -0.372 e. The highest BCUT2D eigenvalue weighted by molar-refractivity contribution is 5.54. The van der Waals surface area contributed by atoms with Crippen LogP contribution in [0.15, 0.2) is 81.6 Å². The van der Waals surface area contributed by atoms with E-state index in [0.717, 1.165) is 82.1 Å². The van der Waals surface area contributed by atoms with Crippen molar-refractivity contribution >= 4 is 34.6 Å². The van der Waals surface area contributed by atoms with Gasteiger partial charge in [0.05, 0.1) is 37.6 Å². The Balaban J connectivity index is 0.00000353. The Labute approximate surface area is 269 Å². The number of nitrogens with zero attached hydrogens (tertiary/aromatic N) is 12. The Hall–Kier alpha value is -4.48. The van der Waals surface area contributed by atoms with E-state index in [4.69, 9.17) is 0 Å². The molecule has 12 nitrogen and oxygen atoms in total. The molecule has 4 rings (SSSR count). The summed E-state index contributed by atoms with van der Waals surface area (Å²) in [6.07, 6.45) is 4.64. The molecule has 12 heteroatoms. The molecule has 2 aromatic heterocycles. The molecule has 2 aromatic carbocycles. The zero-order chi connectivity index (χ0) is 30.6. The SMILES string of the molecule is C.C.CCN(CCCN(CC)c1ccc(N=Nc2n(CC)nc[n+]2CC)cc1)c1ccc(N=Nc2n(CC)nc[n+]2CC)cc1. The van der Waals surface area contributed by atoms with Gasteiger partial charge in [-0.05, 0) is 107 Å². The third-order valence-electron chi connectivity index (χ3n) is 7.48. The van der Waals surface area contributed by atoms with Crippen molar-refractivity contribution in [2.45, 2.75) is 89.0 Å². The summed E-state index contributed by atoms with van der Waals surface area (Å²) in [5.74, 6) is 1.52. The first kappa shape index (κ1) is 36.7. The normalized spacial score (nSPS) is 11.2. The summed E-state index contributed by atoms with van der Waals surface area (Å²) < 4.78 is 7.69. The summed E-state index contributed by atoms with van der Waals surface area (Å²) in [7, 11) is 0. The molecule has 0 atom stereocenters. The van der Waals surface area contributed by atoms with Gasteiger partial charge in [-0.1, -0.05) is 25.1 Å². The van der Waals surface area contributed by atoms with E-state index < -0.39 is 0 Å². The van der Waals surface area contributed by atoms with Gasteiger partial charge in [0, 0.05) is 47.8 Å². The molecule has 0 saturated heterocycles. The van der Waals surface area contributed by atoms with Crippen LogP contribution in [0.5, 0.6) is 0 Å². The molecule has 0 saturated carbocycles. The van der Waals surface area contributed by atoms with Crippen LogP contribution in [0.3, 0.4) is 0 Å². The minimum absolute atomic E-state index is 0. The highest BCUT2D eigenvalue weighted by Gasteiger charge is 2.17. The van der Waals surface area contributed by atoms with Gasteiger partial charge in [-0.25, -0.2) is 9.13 Å². The lowest BCUT2D eigenvalue weighted by molar-refractivity contribution is -0.681. The zero-order valence-electron chi connectivity index (χ0n) is 26.5. The van der Waals surface area contributed by atoms with Gasteiger partial charge < -0.3 is 9.80 Å². The van der Waals surface area contributed by atoms with E-state index in [9.17, 15) is 0 Å². The first-order valence-corrected chi connectivity index (χ1v) is 15.5. The number of benzene rings is 2. The van der Waals surface area contributed by atoms with E-state index in [1.807, 2.05) is 42.8 Å². The Kier molecular flexibility index (Phi) is 15.0. The fraction of sp³-hybridized carbons (Fsp3) is 0.515. The fourth-order valence-electron chi connectivity index (χ4n) is 4.92. The molecule has 0 bridgehead atoms. The van der Waals surface area contributed by atoms with Crippen molar-refractivity contribution in [3.63, 3.8) is 0 Å². The second-order valence-electron chi connectivity index (χ2n) is 10.0. The van der Waals surface area contributed by atoms with Gasteiger partial charge in [0.15, 0.2) is 0 Å². The predicted molar refractivity (Wildman–Crippen MR) is 183 cm³/mol. The van der Waals surface area contributed by atoms with Gasteiger partial charge in [-0.2, -0.15) is 0 Å². The molecular formula is C33H54N12+2. The maximum Gasteiger partial charge on any atom is 0.403 e. The molecule has 0 radical (unpaired) electrons. The lowest BCUT2D eigenvalue weighted by Crippen LogP contribution is -2.30. The maximum atomic E-state index is 4.47. The van der Waals surface area contributed by atoms with E-state index >= 15 is 0 Å². The minimum atomic E-state index is 0. The molecule has 0 amide bonds. The average Bonchev–Trinajstić information content (AvgIpc) is 3.66. The highest BCUT2D eigenvalue weighted by atomic mass is 15.4. The number of rotatable bonds is 16. The molecule has 0 N–H and O–H groups in total. The number of aryl methyl sites for hydroxylation is 4. The number of hydrogen-bond acceptors (Lipinski definition) is 8. The van der Waals surface area contributed by atoms with Crippen molar-refractivity contribution in [1.82, 2.24) is 19.6 Å². The summed E-state index contributed by atoms with van der Waals surface area (Å²) in [4.78, 5) is 4.80. The van der Waals surface area contributed by atoms with E-state index in [2.05, 4.69) is 106 Å². The summed E-state index contributed by atoms with van der Waals surface area (Å²) in [6, 6.07) is 16.6. The highest BCUT2D eigenvalue weighted by Crippen LogP contribution is 2.24. The maximum absolute atomic E-state index is 4.47. The molecule has 2 heterocycles. The molecule has 45 heavy (non-hydrogen) atoms. The Morgan fingerprint density at radius 1 is 0.578 bits per heavy atom. The summed E-state index contributed by atoms with van der Waals surface area (Å²) in [5, 5.41) is 26.6. The Morgan fingerprint density at radius 2 is 0.956 bits per heavy atom. The standard InChI is InChI=1S/C31H46N12.2CH4/c1-7-38(28-18-14-26(15-19-28)34-36-30-40(9-3)24-32-42(30)11-5)22-13-23-39(8-2)29-20-16-27(17-21-29)35-37-31-41(10-4)25-33-43(31)12-6;;/h14-21,24-25H,7-13,22-23H2,1-6H3;2*1H4/q+2;;. The topological polar surface area (TPSA) is 99.3 Å². The van der Waals surface area contributed by atoms with Gasteiger partial charge in [-0.15, -0.1) is 9.36 Å². The first-order chi connectivity index (χ1) is 21.0. The molecule has 0 unspecified atom stereocenters. The van der Waals surface area contributed by atoms with Crippen LogP contribution in [0.2, 0.25) is 0 Å². The van der Waals surface area contributed by atoms with Gasteiger partial charge in [0.1, 0.15) is 0 Å². The molecule has 0 aliphatic rings. The Bertz CT molecular complexity index is 1310. The zero-order valence-corrected chi connectivity index (χ0v) is 26.5. The van der Waals surface area contributed by atoms with Gasteiger partial charge in [0.25, 0.3) is 0 Å². The number of aromatic nitrogens is 6. The smallest absolute Gasteiger partial charge is 0.372 e. The van der Waals surface area contributed by atoms with Gasteiger partial charge >= 0.3 is 11.9 Å². The van der Waals surface area contributed by atoms with Crippen LogP contribution < -0.4 is 18.9 Å². The van der Waals surface area contributed by atoms with Crippen molar-refractivity contribution < 1.29 is 9.13 Å². The summed E-state index contributed by atoms with van der Waals surface area (Å²) in [5.41, 5.74) is 4.03. The van der Waals surface area contributed by atoms with Crippen LogP contribution in [0.25, 0.3) is 0 Å². The quantitative estimate of drug-likeness (QED) is 0.0954. The van der Waals surface area contributed by atoms with Crippen LogP contribution in [-0.2, 0) is 26.2 Å². The fourth-order valence-corrected chi connectivity index (χ4v) is 4.92. The third kappa shape index (κ3) is 9.26.